The normalized spacial score (nSPS) is 12.2. The summed E-state index contributed by atoms with van der Waals surface area (Å²) in [5, 5.41) is 8.72. The highest BCUT2D eigenvalue weighted by atomic mass is 79.9. The van der Waals surface area contributed by atoms with Crippen molar-refractivity contribution in [3.8, 4) is 0 Å². The highest BCUT2D eigenvalue weighted by Crippen LogP contribution is 2.34. The van der Waals surface area contributed by atoms with Crippen molar-refractivity contribution in [3.63, 3.8) is 0 Å². The SMILES string of the molecule is CN(CCO)Cc1ccc(Br)cc1C(F)(F)F. The van der Waals surface area contributed by atoms with Gasteiger partial charge in [-0.25, -0.2) is 0 Å². The standard InChI is InChI=1S/C11H13BrF3NO/c1-16(4-5-17)7-8-2-3-9(12)6-10(8)11(13,14)15/h2-3,6,17H,4-5,7H2,1H3. The lowest BCUT2D eigenvalue weighted by Crippen LogP contribution is -2.23. The fraction of sp³-hybridized carbons (Fsp3) is 0.455. The van der Waals surface area contributed by atoms with E-state index in [9.17, 15) is 13.2 Å². The Kier molecular flexibility index (Phi) is 4.97. The van der Waals surface area contributed by atoms with E-state index in [0.717, 1.165) is 6.07 Å². The smallest absolute Gasteiger partial charge is 0.395 e. The first-order chi connectivity index (χ1) is 7.84. The molecule has 1 aromatic carbocycles. The third-order valence-corrected chi connectivity index (χ3v) is 2.79. The van der Waals surface area contributed by atoms with E-state index in [1.807, 2.05) is 0 Å². The maximum Gasteiger partial charge on any atom is 0.416 e. The maximum atomic E-state index is 12.8. The van der Waals surface area contributed by atoms with Gasteiger partial charge in [0.25, 0.3) is 0 Å². The van der Waals surface area contributed by atoms with Gasteiger partial charge in [0.05, 0.1) is 12.2 Å². The molecule has 0 saturated carbocycles. The molecule has 0 fully saturated rings. The summed E-state index contributed by atoms with van der Waals surface area (Å²) in [6.07, 6.45) is -4.36. The fourth-order valence-corrected chi connectivity index (χ4v) is 1.85. The Bertz CT molecular complexity index is 381. The molecule has 1 N–H and O–H groups in total. The van der Waals surface area contributed by atoms with E-state index in [4.69, 9.17) is 5.11 Å². The van der Waals surface area contributed by atoms with Crippen molar-refractivity contribution in [1.82, 2.24) is 4.90 Å². The number of halogens is 4. The zero-order chi connectivity index (χ0) is 13.1. The van der Waals surface area contributed by atoms with Crippen LogP contribution >= 0.6 is 15.9 Å². The monoisotopic (exact) mass is 311 g/mol. The van der Waals surface area contributed by atoms with E-state index in [-0.39, 0.29) is 18.7 Å². The first-order valence-corrected chi connectivity index (χ1v) is 5.79. The molecule has 0 radical (unpaired) electrons. The number of likely N-dealkylation sites (N-methyl/N-ethyl adjacent to an activating group) is 1. The summed E-state index contributed by atoms with van der Waals surface area (Å²) in [7, 11) is 1.67. The first-order valence-electron chi connectivity index (χ1n) is 4.99. The number of rotatable bonds is 4. The van der Waals surface area contributed by atoms with E-state index in [1.54, 1.807) is 18.0 Å². The van der Waals surface area contributed by atoms with Gasteiger partial charge in [0.1, 0.15) is 0 Å². The number of aliphatic hydroxyl groups excluding tert-OH is 1. The van der Waals surface area contributed by atoms with Crippen LogP contribution in [0.1, 0.15) is 11.1 Å². The predicted molar refractivity (Wildman–Crippen MR) is 62.6 cm³/mol. The van der Waals surface area contributed by atoms with Gasteiger partial charge in [-0.3, -0.25) is 4.90 Å². The molecular formula is C11H13BrF3NO. The van der Waals surface area contributed by atoms with Crippen LogP contribution in [0.2, 0.25) is 0 Å². The van der Waals surface area contributed by atoms with Crippen molar-refractivity contribution < 1.29 is 18.3 Å². The van der Waals surface area contributed by atoms with Gasteiger partial charge in [0, 0.05) is 17.6 Å². The minimum Gasteiger partial charge on any atom is -0.395 e. The Morgan fingerprint density at radius 2 is 2.00 bits per heavy atom. The average Bonchev–Trinajstić information content (AvgIpc) is 2.19. The Morgan fingerprint density at radius 1 is 1.35 bits per heavy atom. The molecule has 0 atom stereocenters. The number of hydrogen-bond acceptors (Lipinski definition) is 2. The molecule has 0 saturated heterocycles. The van der Waals surface area contributed by atoms with Crippen LogP contribution < -0.4 is 0 Å². The fourth-order valence-electron chi connectivity index (χ4n) is 1.49. The molecule has 1 aromatic rings. The topological polar surface area (TPSA) is 23.5 Å². The second-order valence-corrected chi connectivity index (χ2v) is 4.68. The molecule has 0 aliphatic carbocycles. The summed E-state index contributed by atoms with van der Waals surface area (Å²) in [4.78, 5) is 1.64. The van der Waals surface area contributed by atoms with E-state index in [0.29, 0.717) is 11.0 Å². The minimum atomic E-state index is -4.36. The molecule has 0 spiro atoms. The van der Waals surface area contributed by atoms with Crippen LogP contribution in [0.25, 0.3) is 0 Å². The summed E-state index contributed by atoms with van der Waals surface area (Å²) in [5.74, 6) is 0. The molecule has 17 heavy (non-hydrogen) atoms. The van der Waals surface area contributed by atoms with Crippen molar-refractivity contribution in [2.24, 2.45) is 0 Å². The van der Waals surface area contributed by atoms with Crippen LogP contribution in [0.5, 0.6) is 0 Å². The summed E-state index contributed by atoms with van der Waals surface area (Å²) < 4.78 is 38.7. The molecule has 2 nitrogen and oxygen atoms in total. The molecule has 0 aromatic heterocycles. The molecule has 0 amide bonds. The third kappa shape index (κ3) is 4.29. The molecule has 0 heterocycles. The number of benzene rings is 1. The predicted octanol–water partition coefficient (Wildman–Crippen LogP) is 2.89. The lowest BCUT2D eigenvalue weighted by atomic mass is 10.1. The number of alkyl halides is 3. The summed E-state index contributed by atoms with van der Waals surface area (Å²) in [6.45, 7) is 0.421. The lowest BCUT2D eigenvalue weighted by molar-refractivity contribution is -0.138. The second kappa shape index (κ2) is 5.84. The summed E-state index contributed by atoms with van der Waals surface area (Å²) in [5.41, 5.74) is -0.437. The van der Waals surface area contributed by atoms with Crippen molar-refractivity contribution in [2.75, 3.05) is 20.2 Å². The van der Waals surface area contributed by atoms with Gasteiger partial charge < -0.3 is 5.11 Å². The van der Waals surface area contributed by atoms with Crippen LogP contribution in [-0.2, 0) is 12.7 Å². The van der Waals surface area contributed by atoms with Gasteiger partial charge in [0.15, 0.2) is 0 Å². The Labute approximate surface area is 106 Å². The molecule has 1 rings (SSSR count). The molecule has 0 unspecified atom stereocenters. The van der Waals surface area contributed by atoms with Crippen molar-refractivity contribution in [3.05, 3.63) is 33.8 Å². The molecule has 0 aliphatic rings. The van der Waals surface area contributed by atoms with Gasteiger partial charge in [-0.05, 0) is 24.7 Å². The molecule has 96 valence electrons. The van der Waals surface area contributed by atoms with Gasteiger partial charge in [-0.2, -0.15) is 13.2 Å². The first kappa shape index (κ1) is 14.5. The largest absolute Gasteiger partial charge is 0.416 e. The molecule has 0 aliphatic heterocycles. The van der Waals surface area contributed by atoms with Crippen LogP contribution in [0.4, 0.5) is 13.2 Å². The zero-order valence-corrected chi connectivity index (χ0v) is 10.8. The van der Waals surface area contributed by atoms with Crippen molar-refractivity contribution >= 4 is 15.9 Å². The highest BCUT2D eigenvalue weighted by molar-refractivity contribution is 9.10. The number of hydrogen-bond donors (Lipinski definition) is 1. The van der Waals surface area contributed by atoms with Crippen LogP contribution in [0.15, 0.2) is 22.7 Å². The quantitative estimate of drug-likeness (QED) is 0.924. The van der Waals surface area contributed by atoms with Crippen LogP contribution in [0.3, 0.4) is 0 Å². The third-order valence-electron chi connectivity index (χ3n) is 2.30. The summed E-state index contributed by atoms with van der Waals surface area (Å²) >= 11 is 3.03. The molecular weight excluding hydrogens is 299 g/mol. The van der Waals surface area contributed by atoms with E-state index < -0.39 is 11.7 Å². The number of nitrogens with zero attached hydrogens (tertiary/aromatic N) is 1. The van der Waals surface area contributed by atoms with Crippen molar-refractivity contribution in [1.29, 1.82) is 0 Å². The van der Waals surface area contributed by atoms with E-state index in [2.05, 4.69) is 15.9 Å². The Hall–Kier alpha value is -0.590. The van der Waals surface area contributed by atoms with Gasteiger partial charge in [0.2, 0.25) is 0 Å². The molecule has 6 heteroatoms. The van der Waals surface area contributed by atoms with Gasteiger partial charge in [-0.1, -0.05) is 22.0 Å². The highest BCUT2D eigenvalue weighted by Gasteiger charge is 2.33. The Morgan fingerprint density at radius 3 is 2.53 bits per heavy atom. The van der Waals surface area contributed by atoms with Crippen LogP contribution in [-0.4, -0.2) is 30.2 Å². The Balaban J connectivity index is 2.99. The minimum absolute atomic E-state index is 0.0750. The average molecular weight is 312 g/mol. The maximum absolute atomic E-state index is 12.8. The summed E-state index contributed by atoms with van der Waals surface area (Å²) in [6, 6.07) is 4.10. The van der Waals surface area contributed by atoms with E-state index >= 15 is 0 Å². The van der Waals surface area contributed by atoms with Gasteiger partial charge in [-0.15, -0.1) is 0 Å². The second-order valence-electron chi connectivity index (χ2n) is 3.76. The van der Waals surface area contributed by atoms with Crippen LogP contribution in [0, 0.1) is 0 Å². The lowest BCUT2D eigenvalue weighted by Gasteiger charge is -2.19. The van der Waals surface area contributed by atoms with E-state index in [1.165, 1.54) is 6.07 Å². The number of aliphatic hydroxyl groups is 1. The van der Waals surface area contributed by atoms with Gasteiger partial charge >= 0.3 is 6.18 Å². The molecule has 0 bridgehead atoms. The zero-order valence-electron chi connectivity index (χ0n) is 9.26. The van der Waals surface area contributed by atoms with Crippen molar-refractivity contribution in [2.45, 2.75) is 12.7 Å².